The van der Waals surface area contributed by atoms with Gasteiger partial charge in [-0.05, 0) is 39.7 Å². The van der Waals surface area contributed by atoms with E-state index in [9.17, 15) is 0 Å². The molecular weight excluding hydrogens is 216 g/mol. The average molecular weight is 238 g/mol. The van der Waals surface area contributed by atoms with Crippen molar-refractivity contribution in [3.63, 3.8) is 0 Å². The minimum Gasteiger partial charge on any atom is -0.316 e. The Kier molecular flexibility index (Phi) is 5.88. The van der Waals surface area contributed by atoms with Crippen LogP contribution in [0.5, 0.6) is 0 Å². The molecule has 16 heavy (non-hydrogen) atoms. The first kappa shape index (κ1) is 13.6. The number of nitrogens with zero attached hydrogens (tertiary/aromatic N) is 1. The number of thioether (sulfide) groups is 1. The minimum atomic E-state index is 0.950. The fourth-order valence-electron chi connectivity index (χ4n) is 1.52. The van der Waals surface area contributed by atoms with Crippen LogP contribution in [-0.4, -0.2) is 38.3 Å². The first-order valence-corrected chi connectivity index (χ1v) is 6.63. The predicted octanol–water partition coefficient (Wildman–Crippen LogP) is 2.37. The van der Waals surface area contributed by atoms with E-state index in [0.29, 0.717) is 0 Å². The highest BCUT2D eigenvalue weighted by Crippen LogP contribution is 2.23. The van der Waals surface area contributed by atoms with Gasteiger partial charge < -0.3 is 10.2 Å². The van der Waals surface area contributed by atoms with Gasteiger partial charge in [-0.2, -0.15) is 0 Å². The smallest absolute Gasteiger partial charge is 0.0213 e. The van der Waals surface area contributed by atoms with Crippen molar-refractivity contribution >= 4 is 11.8 Å². The van der Waals surface area contributed by atoms with Gasteiger partial charge in [-0.3, -0.25) is 0 Å². The first-order chi connectivity index (χ1) is 7.63. The molecule has 0 saturated carbocycles. The molecule has 0 bridgehead atoms. The molecule has 1 N–H and O–H groups in total. The van der Waals surface area contributed by atoms with Crippen molar-refractivity contribution in [3.05, 3.63) is 29.3 Å². The maximum absolute atomic E-state index is 3.23. The van der Waals surface area contributed by atoms with E-state index in [1.807, 2.05) is 18.8 Å². The van der Waals surface area contributed by atoms with Crippen molar-refractivity contribution in [2.75, 3.05) is 33.4 Å². The van der Waals surface area contributed by atoms with Crippen molar-refractivity contribution < 1.29 is 0 Å². The van der Waals surface area contributed by atoms with E-state index in [1.165, 1.54) is 16.0 Å². The van der Waals surface area contributed by atoms with Gasteiger partial charge in [-0.1, -0.05) is 17.7 Å². The summed E-state index contributed by atoms with van der Waals surface area (Å²) in [6, 6.07) is 6.70. The van der Waals surface area contributed by atoms with E-state index < -0.39 is 0 Å². The van der Waals surface area contributed by atoms with Crippen molar-refractivity contribution in [2.24, 2.45) is 0 Å². The fourth-order valence-corrected chi connectivity index (χ4v) is 2.67. The first-order valence-electron chi connectivity index (χ1n) is 5.65. The fraction of sp³-hybridized carbons (Fsp3) is 0.538. The summed E-state index contributed by atoms with van der Waals surface area (Å²) in [5.74, 6) is 1.15. The Morgan fingerprint density at radius 3 is 2.69 bits per heavy atom. The van der Waals surface area contributed by atoms with Crippen LogP contribution in [0.1, 0.15) is 11.1 Å². The van der Waals surface area contributed by atoms with Crippen molar-refractivity contribution in [1.82, 2.24) is 10.2 Å². The molecule has 0 unspecified atom stereocenters. The molecule has 0 aromatic heterocycles. The summed E-state index contributed by atoms with van der Waals surface area (Å²) in [5, 5.41) is 3.23. The quantitative estimate of drug-likeness (QED) is 0.766. The lowest BCUT2D eigenvalue weighted by molar-refractivity contribution is 0.437. The molecule has 0 spiro atoms. The number of hydrogen-bond acceptors (Lipinski definition) is 3. The zero-order valence-corrected chi connectivity index (χ0v) is 11.5. The summed E-state index contributed by atoms with van der Waals surface area (Å²) in [4.78, 5) is 3.63. The molecule has 90 valence electrons. The van der Waals surface area contributed by atoms with Gasteiger partial charge in [0.05, 0.1) is 0 Å². The third-order valence-corrected chi connectivity index (χ3v) is 3.48. The Hall–Kier alpha value is -0.510. The van der Waals surface area contributed by atoms with Gasteiger partial charge in [0.25, 0.3) is 0 Å². The second kappa shape index (κ2) is 6.94. The molecule has 0 heterocycles. The van der Waals surface area contributed by atoms with Gasteiger partial charge in [-0.25, -0.2) is 0 Å². The third kappa shape index (κ3) is 4.56. The number of aryl methyl sites for hydroxylation is 1. The van der Waals surface area contributed by atoms with Crippen LogP contribution in [0.3, 0.4) is 0 Å². The lowest BCUT2D eigenvalue weighted by atomic mass is 10.1. The molecule has 0 fully saturated rings. The van der Waals surface area contributed by atoms with Gasteiger partial charge in [-0.15, -0.1) is 11.8 Å². The summed E-state index contributed by atoms with van der Waals surface area (Å²) in [5.41, 5.74) is 2.74. The SMILES string of the molecule is CNCc1cc(C)ccc1SCCN(C)C. The summed E-state index contributed by atoms with van der Waals surface area (Å²) < 4.78 is 0. The Labute approximate surface area is 103 Å². The molecule has 0 radical (unpaired) electrons. The standard InChI is InChI=1S/C13H22N2S/c1-11-5-6-13(12(9-11)10-14-2)16-8-7-15(3)4/h5-6,9,14H,7-8,10H2,1-4H3. The van der Waals surface area contributed by atoms with Crippen molar-refractivity contribution in [3.8, 4) is 0 Å². The maximum atomic E-state index is 3.23. The summed E-state index contributed by atoms with van der Waals surface area (Å²) in [6.45, 7) is 4.22. The summed E-state index contributed by atoms with van der Waals surface area (Å²) >= 11 is 1.94. The molecule has 0 amide bonds. The van der Waals surface area contributed by atoms with Crippen LogP contribution in [-0.2, 0) is 6.54 Å². The van der Waals surface area contributed by atoms with Crippen LogP contribution in [0.4, 0.5) is 0 Å². The highest BCUT2D eigenvalue weighted by Gasteiger charge is 2.03. The normalized spacial score (nSPS) is 11.1. The van der Waals surface area contributed by atoms with Gasteiger partial charge in [0.1, 0.15) is 0 Å². The maximum Gasteiger partial charge on any atom is 0.0213 e. The Bertz CT molecular complexity index is 324. The largest absolute Gasteiger partial charge is 0.316 e. The summed E-state index contributed by atoms with van der Waals surface area (Å²) in [6.07, 6.45) is 0. The van der Waals surface area contributed by atoms with E-state index in [2.05, 4.69) is 49.4 Å². The number of nitrogens with one attached hydrogen (secondary N) is 1. The zero-order chi connectivity index (χ0) is 12.0. The second-order valence-electron chi connectivity index (χ2n) is 4.29. The van der Waals surface area contributed by atoms with Gasteiger partial charge >= 0.3 is 0 Å². The zero-order valence-electron chi connectivity index (χ0n) is 10.7. The van der Waals surface area contributed by atoms with Crippen LogP contribution >= 0.6 is 11.8 Å². The molecule has 0 aliphatic rings. The monoisotopic (exact) mass is 238 g/mol. The van der Waals surface area contributed by atoms with E-state index in [0.717, 1.165) is 18.8 Å². The molecule has 0 aliphatic carbocycles. The Morgan fingerprint density at radius 2 is 2.06 bits per heavy atom. The van der Waals surface area contributed by atoms with Crippen LogP contribution < -0.4 is 5.32 Å². The molecule has 1 aromatic carbocycles. The van der Waals surface area contributed by atoms with E-state index in [1.54, 1.807) is 0 Å². The highest BCUT2D eigenvalue weighted by atomic mass is 32.2. The molecule has 1 rings (SSSR count). The molecule has 3 heteroatoms. The molecular formula is C13H22N2S. The van der Waals surface area contributed by atoms with E-state index in [-0.39, 0.29) is 0 Å². The second-order valence-corrected chi connectivity index (χ2v) is 5.43. The predicted molar refractivity (Wildman–Crippen MR) is 73.2 cm³/mol. The lowest BCUT2D eigenvalue weighted by Gasteiger charge is -2.12. The van der Waals surface area contributed by atoms with Crippen LogP contribution in [0.15, 0.2) is 23.1 Å². The molecule has 0 saturated heterocycles. The van der Waals surface area contributed by atoms with Gasteiger partial charge in [0.15, 0.2) is 0 Å². The molecule has 0 aliphatic heterocycles. The Morgan fingerprint density at radius 1 is 1.31 bits per heavy atom. The summed E-state index contributed by atoms with van der Waals surface area (Å²) in [7, 11) is 6.23. The van der Waals surface area contributed by atoms with E-state index >= 15 is 0 Å². The lowest BCUT2D eigenvalue weighted by Crippen LogP contribution is -2.15. The Balaban J connectivity index is 2.63. The highest BCUT2D eigenvalue weighted by molar-refractivity contribution is 7.99. The third-order valence-electron chi connectivity index (χ3n) is 2.38. The molecule has 2 nitrogen and oxygen atoms in total. The number of benzene rings is 1. The van der Waals surface area contributed by atoms with Crippen LogP contribution in [0.2, 0.25) is 0 Å². The molecule has 0 atom stereocenters. The number of hydrogen-bond donors (Lipinski definition) is 1. The molecule has 1 aromatic rings. The van der Waals surface area contributed by atoms with E-state index in [4.69, 9.17) is 0 Å². The number of rotatable bonds is 6. The topological polar surface area (TPSA) is 15.3 Å². The van der Waals surface area contributed by atoms with Crippen LogP contribution in [0, 0.1) is 6.92 Å². The van der Waals surface area contributed by atoms with Gasteiger partial charge in [0.2, 0.25) is 0 Å². The van der Waals surface area contributed by atoms with Crippen molar-refractivity contribution in [2.45, 2.75) is 18.4 Å². The van der Waals surface area contributed by atoms with Crippen molar-refractivity contribution in [1.29, 1.82) is 0 Å². The van der Waals surface area contributed by atoms with Crippen LogP contribution in [0.25, 0.3) is 0 Å². The average Bonchev–Trinajstić information content (AvgIpc) is 2.21. The van der Waals surface area contributed by atoms with Gasteiger partial charge in [0, 0.05) is 23.7 Å². The minimum absolute atomic E-state index is 0.950.